The first-order valence-electron chi connectivity index (χ1n) is 7.95. The van der Waals surface area contributed by atoms with Crippen LogP contribution in [-0.2, 0) is 25.7 Å². The highest BCUT2D eigenvalue weighted by Gasteiger charge is 2.14. The molecule has 0 saturated heterocycles. The number of hydrogen-bond donors (Lipinski definition) is 0. The minimum Gasteiger partial charge on any atom is -0.496 e. The molecule has 2 nitrogen and oxygen atoms in total. The molecule has 0 N–H and O–H groups in total. The molecule has 0 fully saturated rings. The molecule has 0 unspecified atom stereocenters. The Kier molecular flexibility index (Phi) is 4.10. The predicted octanol–water partition coefficient (Wildman–Crippen LogP) is 4.20. The van der Waals surface area contributed by atoms with E-state index in [1.165, 1.54) is 33.4 Å². The molecule has 2 aromatic carbocycles. The maximum absolute atomic E-state index is 5.61. The topological polar surface area (TPSA) is 18.5 Å². The van der Waals surface area contributed by atoms with Gasteiger partial charge in [0.15, 0.2) is 0 Å². The Hall–Kier alpha value is -1.96. The van der Waals surface area contributed by atoms with Crippen LogP contribution in [0.4, 0.5) is 0 Å². The number of benzene rings is 2. The number of hydrogen-bond acceptors (Lipinski definition) is 2. The molecule has 0 aromatic heterocycles. The van der Waals surface area contributed by atoms with Gasteiger partial charge < -0.3 is 9.47 Å². The second-order valence-electron chi connectivity index (χ2n) is 6.18. The first-order valence-corrected chi connectivity index (χ1v) is 7.95. The monoisotopic (exact) mass is 296 g/mol. The Balaban J connectivity index is 2.10. The Morgan fingerprint density at radius 1 is 0.591 bits per heavy atom. The summed E-state index contributed by atoms with van der Waals surface area (Å²) in [7, 11) is 3.53. The van der Waals surface area contributed by atoms with Crippen molar-refractivity contribution in [3.05, 3.63) is 57.6 Å². The van der Waals surface area contributed by atoms with E-state index in [2.05, 4.69) is 38.1 Å². The van der Waals surface area contributed by atoms with Crippen molar-refractivity contribution in [2.45, 2.75) is 39.5 Å². The molecule has 0 atom stereocenters. The van der Waals surface area contributed by atoms with E-state index in [-0.39, 0.29) is 0 Å². The van der Waals surface area contributed by atoms with Gasteiger partial charge in [-0.25, -0.2) is 0 Å². The third kappa shape index (κ3) is 2.70. The molecule has 0 spiro atoms. The summed E-state index contributed by atoms with van der Waals surface area (Å²) in [4.78, 5) is 0. The number of rotatable bonds is 2. The summed E-state index contributed by atoms with van der Waals surface area (Å²) in [6.45, 7) is 4.42. The van der Waals surface area contributed by atoms with Crippen LogP contribution in [0.2, 0.25) is 0 Å². The summed E-state index contributed by atoms with van der Waals surface area (Å²) in [5, 5.41) is 0. The van der Waals surface area contributed by atoms with Gasteiger partial charge in [0.1, 0.15) is 11.5 Å². The zero-order valence-corrected chi connectivity index (χ0v) is 14.0. The highest BCUT2D eigenvalue weighted by atomic mass is 16.5. The van der Waals surface area contributed by atoms with Gasteiger partial charge in [-0.05, 0) is 85.0 Å². The summed E-state index contributed by atoms with van der Waals surface area (Å²) in [5.74, 6) is 2.04. The van der Waals surface area contributed by atoms with E-state index in [1.54, 1.807) is 14.2 Å². The van der Waals surface area contributed by atoms with Crippen LogP contribution < -0.4 is 9.47 Å². The van der Waals surface area contributed by atoms with Crippen LogP contribution in [-0.4, -0.2) is 14.2 Å². The predicted molar refractivity (Wildman–Crippen MR) is 90.3 cm³/mol. The lowest BCUT2D eigenvalue weighted by atomic mass is 9.91. The molecule has 4 bridgehead atoms. The lowest BCUT2D eigenvalue weighted by Crippen LogP contribution is -2.05. The molecular formula is C20H24O2. The molecule has 4 aliphatic carbocycles. The fourth-order valence-electron chi connectivity index (χ4n) is 3.43. The van der Waals surface area contributed by atoms with Crippen molar-refractivity contribution < 1.29 is 9.47 Å². The highest BCUT2D eigenvalue weighted by molar-refractivity contribution is 5.47. The average molecular weight is 296 g/mol. The van der Waals surface area contributed by atoms with Gasteiger partial charge in [0.25, 0.3) is 0 Å². The molecular weight excluding hydrogens is 272 g/mol. The van der Waals surface area contributed by atoms with Crippen LogP contribution in [0.25, 0.3) is 0 Å². The molecule has 2 aromatic rings. The van der Waals surface area contributed by atoms with Crippen molar-refractivity contribution in [2.24, 2.45) is 0 Å². The van der Waals surface area contributed by atoms with Crippen LogP contribution in [0.5, 0.6) is 11.5 Å². The van der Waals surface area contributed by atoms with Gasteiger partial charge in [-0.3, -0.25) is 0 Å². The van der Waals surface area contributed by atoms with Crippen molar-refractivity contribution in [1.82, 2.24) is 0 Å². The highest BCUT2D eigenvalue weighted by Crippen LogP contribution is 2.31. The molecule has 0 heterocycles. The quantitative estimate of drug-likeness (QED) is 0.826. The zero-order valence-electron chi connectivity index (χ0n) is 14.0. The van der Waals surface area contributed by atoms with Crippen molar-refractivity contribution in [3.8, 4) is 11.5 Å². The molecule has 116 valence electrons. The van der Waals surface area contributed by atoms with Crippen LogP contribution in [0.3, 0.4) is 0 Å². The first kappa shape index (κ1) is 15.0. The molecule has 0 saturated carbocycles. The maximum atomic E-state index is 5.61. The largest absolute Gasteiger partial charge is 0.496 e. The third-order valence-electron chi connectivity index (χ3n) is 4.81. The standard InChI is InChI=1S/C20H24O2/c1-13-9-17-7-8-18-10-14(2)16(12-20(18)22-4)6-5-15(13)11-19(17)21-3/h9-12H,5-8H2,1-4H3. The summed E-state index contributed by atoms with van der Waals surface area (Å²) >= 11 is 0. The average Bonchev–Trinajstić information content (AvgIpc) is 2.51. The molecule has 4 aliphatic rings. The number of methoxy groups -OCH3 is 2. The summed E-state index contributed by atoms with van der Waals surface area (Å²) in [5.41, 5.74) is 8.07. The fraction of sp³-hybridized carbons (Fsp3) is 0.400. The Labute approximate surface area is 133 Å². The zero-order chi connectivity index (χ0) is 15.7. The molecule has 0 aliphatic heterocycles. The second-order valence-corrected chi connectivity index (χ2v) is 6.18. The summed E-state index contributed by atoms with van der Waals surface area (Å²) in [6.07, 6.45) is 4.01. The minimum absolute atomic E-state index is 0.972. The fourth-order valence-corrected chi connectivity index (χ4v) is 3.43. The molecule has 2 heteroatoms. The normalized spacial score (nSPS) is 13.6. The van der Waals surface area contributed by atoms with Crippen molar-refractivity contribution >= 4 is 0 Å². The molecule has 22 heavy (non-hydrogen) atoms. The van der Waals surface area contributed by atoms with Crippen LogP contribution in [0.1, 0.15) is 33.4 Å². The van der Waals surface area contributed by atoms with Crippen molar-refractivity contribution in [1.29, 1.82) is 0 Å². The van der Waals surface area contributed by atoms with E-state index >= 15 is 0 Å². The maximum Gasteiger partial charge on any atom is 0.122 e. The second kappa shape index (κ2) is 6.04. The van der Waals surface area contributed by atoms with Gasteiger partial charge in [-0.15, -0.1) is 0 Å². The minimum atomic E-state index is 0.972. The summed E-state index contributed by atoms with van der Waals surface area (Å²) in [6, 6.07) is 9.04. The Morgan fingerprint density at radius 2 is 0.955 bits per heavy atom. The smallest absolute Gasteiger partial charge is 0.122 e. The molecule has 0 radical (unpaired) electrons. The van der Waals surface area contributed by atoms with Gasteiger partial charge >= 0.3 is 0 Å². The molecule has 6 rings (SSSR count). The van der Waals surface area contributed by atoms with Crippen LogP contribution in [0.15, 0.2) is 24.3 Å². The Morgan fingerprint density at radius 3 is 1.32 bits per heavy atom. The van der Waals surface area contributed by atoms with E-state index in [4.69, 9.17) is 9.47 Å². The van der Waals surface area contributed by atoms with E-state index in [1.807, 2.05) is 0 Å². The molecule has 0 amide bonds. The van der Waals surface area contributed by atoms with Gasteiger partial charge in [0.05, 0.1) is 14.2 Å². The SMILES string of the molecule is COc1cc2c(C)cc1CCc1cc(C)c(cc1OC)CC2. The first-order chi connectivity index (χ1) is 10.6. The van der Waals surface area contributed by atoms with Gasteiger partial charge in [0, 0.05) is 0 Å². The van der Waals surface area contributed by atoms with E-state index in [0.717, 1.165) is 37.2 Å². The van der Waals surface area contributed by atoms with Gasteiger partial charge in [0.2, 0.25) is 0 Å². The lowest BCUT2D eigenvalue weighted by molar-refractivity contribution is 0.404. The van der Waals surface area contributed by atoms with Crippen molar-refractivity contribution in [3.63, 3.8) is 0 Å². The van der Waals surface area contributed by atoms with E-state index in [0.29, 0.717) is 0 Å². The van der Waals surface area contributed by atoms with Gasteiger partial charge in [-0.2, -0.15) is 0 Å². The van der Waals surface area contributed by atoms with E-state index < -0.39 is 0 Å². The third-order valence-corrected chi connectivity index (χ3v) is 4.81. The lowest BCUT2D eigenvalue weighted by Gasteiger charge is -2.18. The number of ether oxygens (including phenoxy) is 2. The van der Waals surface area contributed by atoms with Crippen LogP contribution >= 0.6 is 0 Å². The van der Waals surface area contributed by atoms with Crippen molar-refractivity contribution in [2.75, 3.05) is 14.2 Å². The Bertz CT molecular complexity index is 640. The summed E-state index contributed by atoms with van der Waals surface area (Å²) < 4.78 is 11.2. The van der Waals surface area contributed by atoms with Gasteiger partial charge in [-0.1, -0.05) is 12.1 Å². The van der Waals surface area contributed by atoms with E-state index in [9.17, 15) is 0 Å². The number of aryl methyl sites for hydroxylation is 6. The van der Waals surface area contributed by atoms with Crippen LogP contribution in [0, 0.1) is 13.8 Å².